The summed E-state index contributed by atoms with van der Waals surface area (Å²) >= 11 is 6.24. The molecule has 0 fully saturated rings. The van der Waals surface area contributed by atoms with Gasteiger partial charge in [-0.2, -0.15) is 0 Å². The van der Waals surface area contributed by atoms with Gasteiger partial charge in [0.05, 0.1) is 0 Å². The van der Waals surface area contributed by atoms with Gasteiger partial charge in [0, 0.05) is 16.9 Å². The molecule has 1 atom stereocenters. The lowest BCUT2D eigenvalue weighted by Gasteiger charge is -2.19. The molecule has 0 saturated carbocycles. The molecular formula is C13H17ClN2. The molecule has 0 bridgehead atoms. The van der Waals surface area contributed by atoms with Crippen molar-refractivity contribution < 1.29 is 0 Å². The van der Waals surface area contributed by atoms with Gasteiger partial charge in [-0.3, -0.25) is 0 Å². The van der Waals surface area contributed by atoms with Gasteiger partial charge in [-0.25, -0.2) is 0 Å². The van der Waals surface area contributed by atoms with Crippen LogP contribution in [-0.4, -0.2) is 30.0 Å². The second kappa shape index (κ2) is 4.48. The molecule has 0 aliphatic heterocycles. The Hall–Kier alpha value is -0.990. The van der Waals surface area contributed by atoms with Crippen molar-refractivity contribution in [1.29, 1.82) is 0 Å². The Balaban J connectivity index is 2.40. The highest BCUT2D eigenvalue weighted by Gasteiger charge is 2.13. The molecule has 86 valence electrons. The number of benzene rings is 1. The third-order valence-corrected chi connectivity index (χ3v) is 3.47. The maximum atomic E-state index is 6.24. The van der Waals surface area contributed by atoms with Crippen LogP contribution in [0.4, 0.5) is 0 Å². The molecule has 0 saturated heterocycles. The fourth-order valence-corrected chi connectivity index (χ4v) is 2.13. The molecule has 2 aromatic rings. The largest absolute Gasteiger partial charge is 0.345 e. The summed E-state index contributed by atoms with van der Waals surface area (Å²) in [6.07, 6.45) is 0.968. The lowest BCUT2D eigenvalue weighted by Crippen LogP contribution is -2.26. The molecule has 0 unspecified atom stereocenters. The second-order valence-electron chi connectivity index (χ2n) is 4.48. The monoisotopic (exact) mass is 236 g/mol. The summed E-state index contributed by atoms with van der Waals surface area (Å²) in [4.78, 5) is 5.42. The van der Waals surface area contributed by atoms with Gasteiger partial charge < -0.3 is 9.88 Å². The zero-order valence-electron chi connectivity index (χ0n) is 9.92. The van der Waals surface area contributed by atoms with Crippen molar-refractivity contribution in [3.8, 4) is 0 Å². The molecule has 1 N–H and O–H groups in total. The zero-order valence-corrected chi connectivity index (χ0v) is 10.7. The van der Waals surface area contributed by atoms with Crippen LogP contribution in [0, 0.1) is 0 Å². The normalized spacial score (nSPS) is 13.6. The van der Waals surface area contributed by atoms with E-state index in [1.165, 1.54) is 10.9 Å². The number of halogens is 1. The third kappa shape index (κ3) is 2.08. The minimum atomic E-state index is 0.483. The Morgan fingerprint density at radius 1 is 1.31 bits per heavy atom. The van der Waals surface area contributed by atoms with Crippen molar-refractivity contribution in [2.75, 3.05) is 14.1 Å². The summed E-state index contributed by atoms with van der Waals surface area (Å²) in [5.74, 6) is 0. The lowest BCUT2D eigenvalue weighted by molar-refractivity contribution is 0.313. The van der Waals surface area contributed by atoms with E-state index in [-0.39, 0.29) is 0 Å². The Labute approximate surface area is 101 Å². The highest BCUT2D eigenvalue weighted by molar-refractivity contribution is 6.31. The van der Waals surface area contributed by atoms with Crippen molar-refractivity contribution in [3.05, 3.63) is 35.0 Å². The number of nitrogens with zero attached hydrogens (tertiary/aromatic N) is 1. The first-order chi connectivity index (χ1) is 7.59. The summed E-state index contributed by atoms with van der Waals surface area (Å²) in [7, 11) is 4.18. The van der Waals surface area contributed by atoms with E-state index in [2.05, 4.69) is 49.1 Å². The van der Waals surface area contributed by atoms with Crippen LogP contribution in [-0.2, 0) is 6.42 Å². The minimum Gasteiger partial charge on any atom is -0.345 e. The summed E-state index contributed by atoms with van der Waals surface area (Å²) in [6, 6.07) is 8.74. The van der Waals surface area contributed by atoms with Gasteiger partial charge >= 0.3 is 0 Å². The van der Waals surface area contributed by atoms with Crippen molar-refractivity contribution >= 4 is 22.5 Å². The van der Waals surface area contributed by atoms with Crippen LogP contribution in [0.3, 0.4) is 0 Å². The molecule has 0 aliphatic rings. The predicted molar refractivity (Wildman–Crippen MR) is 70.2 cm³/mol. The highest BCUT2D eigenvalue weighted by atomic mass is 35.5. The van der Waals surface area contributed by atoms with Crippen molar-refractivity contribution in [3.63, 3.8) is 0 Å². The van der Waals surface area contributed by atoms with E-state index in [9.17, 15) is 0 Å². The van der Waals surface area contributed by atoms with Crippen LogP contribution in [0.15, 0.2) is 24.3 Å². The topological polar surface area (TPSA) is 19.0 Å². The number of hydrogen-bond acceptors (Lipinski definition) is 1. The number of fused-ring (bicyclic) bond motifs is 1. The molecule has 0 radical (unpaired) electrons. The summed E-state index contributed by atoms with van der Waals surface area (Å²) < 4.78 is 0. The van der Waals surface area contributed by atoms with Crippen molar-refractivity contribution in [2.45, 2.75) is 19.4 Å². The minimum absolute atomic E-state index is 0.483. The number of rotatable bonds is 3. The first-order valence-corrected chi connectivity index (χ1v) is 5.89. The number of hydrogen-bond donors (Lipinski definition) is 1. The van der Waals surface area contributed by atoms with Gasteiger partial charge in [0.25, 0.3) is 0 Å². The maximum absolute atomic E-state index is 6.24. The maximum Gasteiger partial charge on any atom is 0.110 e. The van der Waals surface area contributed by atoms with Crippen LogP contribution < -0.4 is 0 Å². The van der Waals surface area contributed by atoms with Crippen LogP contribution in [0.5, 0.6) is 0 Å². The molecule has 1 aromatic heterocycles. The standard InChI is InChI=1S/C13H17ClN2/c1-9(16(2)3)8-11-10-6-4-5-7-12(10)15-13(11)14/h4-7,9,15H,8H2,1-3H3/t9-/m1/s1. The first kappa shape index (κ1) is 11.5. The predicted octanol–water partition coefficient (Wildman–Crippen LogP) is 3.31. The number of H-pyrrole nitrogens is 1. The molecule has 3 heteroatoms. The van der Waals surface area contributed by atoms with E-state index in [0.29, 0.717) is 6.04 Å². The summed E-state index contributed by atoms with van der Waals surface area (Å²) in [5.41, 5.74) is 2.34. The van der Waals surface area contributed by atoms with Crippen molar-refractivity contribution in [1.82, 2.24) is 9.88 Å². The third-order valence-electron chi connectivity index (χ3n) is 3.14. The van der Waals surface area contributed by atoms with Gasteiger partial charge in [-0.15, -0.1) is 0 Å². The Kier molecular flexibility index (Phi) is 3.22. The van der Waals surface area contributed by atoms with Crippen LogP contribution in [0.25, 0.3) is 10.9 Å². The van der Waals surface area contributed by atoms with E-state index in [4.69, 9.17) is 11.6 Å². The second-order valence-corrected chi connectivity index (χ2v) is 4.86. The van der Waals surface area contributed by atoms with Gasteiger partial charge in [0.15, 0.2) is 0 Å². The number of likely N-dealkylation sites (N-methyl/N-ethyl adjacent to an activating group) is 1. The van der Waals surface area contributed by atoms with Gasteiger partial charge in [0.1, 0.15) is 5.15 Å². The number of para-hydroxylation sites is 1. The zero-order chi connectivity index (χ0) is 11.7. The fraction of sp³-hybridized carbons (Fsp3) is 0.385. The highest BCUT2D eigenvalue weighted by Crippen LogP contribution is 2.27. The van der Waals surface area contributed by atoms with E-state index in [1.54, 1.807) is 0 Å². The van der Waals surface area contributed by atoms with Crippen LogP contribution in [0.1, 0.15) is 12.5 Å². The lowest BCUT2D eigenvalue weighted by atomic mass is 10.1. The molecule has 0 aliphatic carbocycles. The van der Waals surface area contributed by atoms with Crippen LogP contribution >= 0.6 is 11.6 Å². The molecule has 1 heterocycles. The van der Waals surface area contributed by atoms with E-state index < -0.39 is 0 Å². The molecule has 0 spiro atoms. The van der Waals surface area contributed by atoms with Crippen molar-refractivity contribution in [2.24, 2.45) is 0 Å². The molecule has 2 rings (SSSR count). The van der Waals surface area contributed by atoms with Gasteiger partial charge in [0.2, 0.25) is 0 Å². The molecule has 1 aromatic carbocycles. The summed E-state index contributed by atoms with van der Waals surface area (Å²) in [5, 5.41) is 2.01. The Bertz CT molecular complexity index is 488. The van der Waals surface area contributed by atoms with E-state index >= 15 is 0 Å². The molecule has 2 nitrogen and oxygen atoms in total. The average Bonchev–Trinajstić information content (AvgIpc) is 2.55. The first-order valence-electron chi connectivity index (χ1n) is 5.51. The molecule has 0 amide bonds. The molecular weight excluding hydrogens is 220 g/mol. The fourth-order valence-electron chi connectivity index (χ4n) is 1.84. The summed E-state index contributed by atoms with van der Waals surface area (Å²) in [6.45, 7) is 2.21. The quantitative estimate of drug-likeness (QED) is 0.866. The molecule has 16 heavy (non-hydrogen) atoms. The smallest absolute Gasteiger partial charge is 0.110 e. The van der Waals surface area contributed by atoms with E-state index in [0.717, 1.165) is 17.1 Å². The van der Waals surface area contributed by atoms with Gasteiger partial charge in [-0.05, 0) is 39.1 Å². The Morgan fingerprint density at radius 2 is 2.00 bits per heavy atom. The van der Waals surface area contributed by atoms with Gasteiger partial charge in [-0.1, -0.05) is 29.8 Å². The average molecular weight is 237 g/mol. The van der Waals surface area contributed by atoms with Crippen LogP contribution in [0.2, 0.25) is 5.15 Å². The number of aromatic amines is 1. The number of aromatic nitrogens is 1. The van der Waals surface area contributed by atoms with E-state index in [1.807, 2.05) is 6.07 Å². The number of nitrogens with one attached hydrogen (secondary N) is 1. The Morgan fingerprint density at radius 3 is 2.69 bits per heavy atom. The SMILES string of the molecule is C[C@H](Cc1c(Cl)[nH]c2ccccc12)N(C)C.